The van der Waals surface area contributed by atoms with Gasteiger partial charge in [-0.25, -0.2) is 0 Å². The van der Waals surface area contributed by atoms with Gasteiger partial charge >= 0.3 is 0 Å². The molecule has 2 bridgehead atoms. The molecule has 2 nitrogen and oxygen atoms in total. The smallest absolute Gasteiger partial charge is 0.0661 e. The molecule has 0 aromatic heterocycles. The van der Waals surface area contributed by atoms with Crippen molar-refractivity contribution in [3.63, 3.8) is 0 Å². The highest BCUT2D eigenvalue weighted by Crippen LogP contribution is 2.59. The zero-order valence-corrected chi connectivity index (χ0v) is 8.13. The molecular weight excluding hydrogens is 160 g/mol. The Morgan fingerprint density at radius 3 is 3.00 bits per heavy atom. The number of nitrogens with two attached hydrogens (primary N) is 1. The van der Waals surface area contributed by atoms with Crippen LogP contribution in [0, 0.1) is 28.6 Å². The SMILES string of the molecule is N#CC1CC2CCC1(CCCN)C2. The quantitative estimate of drug-likeness (QED) is 0.719. The normalized spacial score (nSPS) is 42.2. The minimum Gasteiger partial charge on any atom is -0.330 e. The van der Waals surface area contributed by atoms with Gasteiger partial charge in [0.05, 0.1) is 12.0 Å². The fraction of sp³-hybridized carbons (Fsp3) is 0.909. The van der Waals surface area contributed by atoms with E-state index in [0.29, 0.717) is 11.3 Å². The summed E-state index contributed by atoms with van der Waals surface area (Å²) in [6, 6.07) is 2.50. The molecule has 3 unspecified atom stereocenters. The molecule has 2 N–H and O–H groups in total. The standard InChI is InChI=1S/C11H18N2/c12-5-1-3-11-4-2-9(7-11)6-10(11)8-13/h9-10H,1-7,12H2. The van der Waals surface area contributed by atoms with Crippen molar-refractivity contribution in [3.8, 4) is 6.07 Å². The summed E-state index contributed by atoms with van der Waals surface area (Å²) in [5.74, 6) is 1.21. The average molecular weight is 178 g/mol. The van der Waals surface area contributed by atoms with Crippen molar-refractivity contribution in [2.45, 2.75) is 38.5 Å². The third-order valence-corrected chi connectivity index (χ3v) is 4.09. The molecule has 0 spiro atoms. The maximum atomic E-state index is 9.07. The van der Waals surface area contributed by atoms with E-state index in [2.05, 4.69) is 6.07 Å². The predicted molar refractivity (Wildman–Crippen MR) is 51.8 cm³/mol. The van der Waals surface area contributed by atoms with E-state index in [1.54, 1.807) is 0 Å². The highest BCUT2D eigenvalue weighted by atomic mass is 14.6. The molecule has 0 aromatic carbocycles. The van der Waals surface area contributed by atoms with Crippen LogP contribution < -0.4 is 5.73 Å². The topological polar surface area (TPSA) is 49.8 Å². The van der Waals surface area contributed by atoms with Gasteiger partial charge in [0.2, 0.25) is 0 Å². The number of hydrogen-bond donors (Lipinski definition) is 1. The van der Waals surface area contributed by atoms with Crippen LogP contribution in [-0.2, 0) is 0 Å². The van der Waals surface area contributed by atoms with Crippen LogP contribution in [0.3, 0.4) is 0 Å². The number of nitriles is 1. The van der Waals surface area contributed by atoms with E-state index in [-0.39, 0.29) is 0 Å². The Balaban J connectivity index is 2.05. The molecule has 0 aliphatic heterocycles. The van der Waals surface area contributed by atoms with E-state index in [0.717, 1.165) is 18.9 Å². The Bertz CT molecular complexity index is 231. The molecule has 2 fully saturated rings. The van der Waals surface area contributed by atoms with Crippen molar-refractivity contribution in [2.24, 2.45) is 23.0 Å². The van der Waals surface area contributed by atoms with E-state index in [9.17, 15) is 0 Å². The van der Waals surface area contributed by atoms with Crippen LogP contribution in [0.15, 0.2) is 0 Å². The summed E-state index contributed by atoms with van der Waals surface area (Å²) in [6.45, 7) is 0.782. The van der Waals surface area contributed by atoms with Crippen molar-refractivity contribution in [2.75, 3.05) is 6.54 Å². The summed E-state index contributed by atoms with van der Waals surface area (Å²) >= 11 is 0. The lowest BCUT2D eigenvalue weighted by molar-refractivity contribution is 0.209. The van der Waals surface area contributed by atoms with Crippen LogP contribution in [0.1, 0.15) is 38.5 Å². The van der Waals surface area contributed by atoms with E-state index in [4.69, 9.17) is 11.0 Å². The van der Waals surface area contributed by atoms with Gasteiger partial charge in [-0.1, -0.05) is 0 Å². The number of hydrogen-bond acceptors (Lipinski definition) is 2. The fourth-order valence-corrected chi connectivity index (χ4v) is 3.42. The van der Waals surface area contributed by atoms with E-state index in [1.165, 1.54) is 32.1 Å². The molecule has 0 radical (unpaired) electrons. The third-order valence-electron chi connectivity index (χ3n) is 4.09. The molecule has 72 valence electrons. The molecule has 2 heteroatoms. The van der Waals surface area contributed by atoms with Crippen molar-refractivity contribution in [1.29, 1.82) is 5.26 Å². The summed E-state index contributed by atoms with van der Waals surface area (Å²) in [5.41, 5.74) is 5.93. The van der Waals surface area contributed by atoms with Gasteiger partial charge in [-0.05, 0) is 56.4 Å². The molecule has 3 atom stereocenters. The molecule has 0 amide bonds. The Morgan fingerprint density at radius 1 is 1.54 bits per heavy atom. The molecule has 0 saturated heterocycles. The Morgan fingerprint density at radius 2 is 2.38 bits per heavy atom. The van der Waals surface area contributed by atoms with Crippen LogP contribution in [0.5, 0.6) is 0 Å². The van der Waals surface area contributed by atoms with Gasteiger partial charge in [-0.15, -0.1) is 0 Å². The number of fused-ring (bicyclic) bond motifs is 2. The second-order valence-electron chi connectivity index (χ2n) is 4.78. The van der Waals surface area contributed by atoms with Crippen molar-refractivity contribution >= 4 is 0 Å². The summed E-state index contributed by atoms with van der Waals surface area (Å²) in [4.78, 5) is 0. The first-order chi connectivity index (χ1) is 6.30. The lowest BCUT2D eigenvalue weighted by atomic mass is 9.72. The van der Waals surface area contributed by atoms with Crippen LogP contribution >= 0.6 is 0 Å². The predicted octanol–water partition coefficient (Wildman–Crippen LogP) is 2.06. The van der Waals surface area contributed by atoms with Crippen LogP contribution in [-0.4, -0.2) is 6.54 Å². The highest BCUT2D eigenvalue weighted by Gasteiger charge is 2.51. The minimum absolute atomic E-state index is 0.345. The fourth-order valence-electron chi connectivity index (χ4n) is 3.42. The molecule has 2 saturated carbocycles. The van der Waals surface area contributed by atoms with Crippen LogP contribution in [0.2, 0.25) is 0 Å². The zero-order chi connectivity index (χ0) is 9.31. The Kier molecular flexibility index (Phi) is 2.29. The number of rotatable bonds is 3. The summed E-state index contributed by atoms with van der Waals surface area (Å²) in [6.07, 6.45) is 7.42. The molecule has 0 aromatic rings. The van der Waals surface area contributed by atoms with Gasteiger partial charge in [0.15, 0.2) is 0 Å². The van der Waals surface area contributed by atoms with Crippen molar-refractivity contribution in [3.05, 3.63) is 0 Å². The lowest BCUT2D eigenvalue weighted by Crippen LogP contribution is -2.25. The second-order valence-corrected chi connectivity index (χ2v) is 4.78. The first-order valence-electron chi connectivity index (χ1n) is 5.40. The van der Waals surface area contributed by atoms with Crippen molar-refractivity contribution < 1.29 is 0 Å². The van der Waals surface area contributed by atoms with Gasteiger partial charge in [0.1, 0.15) is 0 Å². The van der Waals surface area contributed by atoms with Crippen molar-refractivity contribution in [1.82, 2.24) is 0 Å². The largest absolute Gasteiger partial charge is 0.330 e. The van der Waals surface area contributed by atoms with Crippen LogP contribution in [0.4, 0.5) is 0 Å². The summed E-state index contributed by atoms with van der Waals surface area (Å²) in [5, 5.41) is 9.07. The van der Waals surface area contributed by atoms with Gasteiger partial charge in [-0.2, -0.15) is 5.26 Å². The lowest BCUT2D eigenvalue weighted by Gasteiger charge is -2.30. The first-order valence-corrected chi connectivity index (χ1v) is 5.40. The molecular formula is C11H18N2. The van der Waals surface area contributed by atoms with Gasteiger partial charge in [-0.3, -0.25) is 0 Å². The Labute approximate surface area is 80.1 Å². The molecule has 2 aliphatic carbocycles. The van der Waals surface area contributed by atoms with E-state index < -0.39 is 0 Å². The Hall–Kier alpha value is -0.550. The van der Waals surface area contributed by atoms with E-state index >= 15 is 0 Å². The molecule has 2 rings (SSSR count). The third kappa shape index (κ3) is 1.36. The number of nitrogens with zero attached hydrogens (tertiary/aromatic N) is 1. The zero-order valence-electron chi connectivity index (χ0n) is 8.13. The average Bonchev–Trinajstić information content (AvgIpc) is 2.71. The van der Waals surface area contributed by atoms with Crippen LogP contribution in [0.25, 0.3) is 0 Å². The minimum atomic E-state index is 0.345. The molecule has 0 heterocycles. The summed E-state index contributed by atoms with van der Waals surface area (Å²) < 4.78 is 0. The first kappa shape index (κ1) is 9.02. The maximum absolute atomic E-state index is 9.07. The van der Waals surface area contributed by atoms with Gasteiger partial charge < -0.3 is 5.73 Å². The molecule has 2 aliphatic rings. The summed E-state index contributed by atoms with van der Waals surface area (Å²) in [7, 11) is 0. The monoisotopic (exact) mass is 178 g/mol. The maximum Gasteiger partial charge on any atom is 0.0661 e. The van der Waals surface area contributed by atoms with E-state index in [1.807, 2.05) is 0 Å². The van der Waals surface area contributed by atoms with Gasteiger partial charge in [0.25, 0.3) is 0 Å². The molecule has 13 heavy (non-hydrogen) atoms. The highest BCUT2D eigenvalue weighted by molar-refractivity contribution is 5.08. The van der Waals surface area contributed by atoms with Gasteiger partial charge in [0, 0.05) is 0 Å². The second kappa shape index (κ2) is 3.31.